The third-order valence-electron chi connectivity index (χ3n) is 15.8. The SMILES string of the molecule is CCC1CC(CC)C2(c3ccccc3-c3cc(-c4cccc(N(c5cccc(-c6ccccc6)c5)c5ccc6c(c5)C5(CCCC5)c5ccccc5-6)c4)ccc32)C(CC)C1. The molecule has 0 amide bonds. The third-order valence-corrected chi connectivity index (χ3v) is 15.8. The summed E-state index contributed by atoms with van der Waals surface area (Å²) >= 11 is 0. The molecule has 2 unspecified atom stereocenters. The van der Waals surface area contributed by atoms with Crippen molar-refractivity contribution in [2.45, 2.75) is 89.4 Å². The van der Waals surface area contributed by atoms with Gasteiger partial charge in [-0.3, -0.25) is 0 Å². The van der Waals surface area contributed by atoms with Crippen LogP contribution >= 0.6 is 0 Å². The summed E-state index contributed by atoms with van der Waals surface area (Å²) < 4.78 is 0. The third kappa shape index (κ3) is 5.57. The van der Waals surface area contributed by atoms with Crippen molar-refractivity contribution in [1.82, 2.24) is 0 Å². The average Bonchev–Trinajstić information content (AvgIpc) is 4.00. The lowest BCUT2D eigenvalue weighted by Crippen LogP contribution is -2.47. The molecule has 2 fully saturated rings. The maximum absolute atomic E-state index is 2.55. The number of benzene rings is 7. The zero-order valence-corrected chi connectivity index (χ0v) is 35.6. The van der Waals surface area contributed by atoms with Crippen molar-refractivity contribution in [3.05, 3.63) is 186 Å². The van der Waals surface area contributed by atoms with Gasteiger partial charge in [-0.25, -0.2) is 0 Å². The second kappa shape index (κ2) is 14.8. The Balaban J connectivity index is 1.06. The van der Waals surface area contributed by atoms with E-state index in [-0.39, 0.29) is 10.8 Å². The summed E-state index contributed by atoms with van der Waals surface area (Å²) in [5.41, 5.74) is 20.7. The van der Waals surface area contributed by atoms with Crippen LogP contribution in [0.2, 0.25) is 0 Å². The molecule has 60 heavy (non-hydrogen) atoms. The van der Waals surface area contributed by atoms with E-state index < -0.39 is 0 Å². The van der Waals surface area contributed by atoms with Crippen LogP contribution in [0, 0.1) is 17.8 Å². The fourth-order valence-corrected chi connectivity index (χ4v) is 13.2. The first-order chi connectivity index (χ1) is 29.6. The van der Waals surface area contributed by atoms with Gasteiger partial charge < -0.3 is 4.90 Å². The molecule has 0 aliphatic heterocycles. The first kappa shape index (κ1) is 37.3. The summed E-state index contributed by atoms with van der Waals surface area (Å²) in [5, 5.41) is 0. The van der Waals surface area contributed by atoms with Crippen molar-refractivity contribution in [3.8, 4) is 44.5 Å². The van der Waals surface area contributed by atoms with Crippen molar-refractivity contribution >= 4 is 17.1 Å². The topological polar surface area (TPSA) is 3.24 Å². The minimum atomic E-state index is 0.0892. The number of hydrogen-bond donors (Lipinski definition) is 0. The molecule has 2 atom stereocenters. The van der Waals surface area contributed by atoms with Crippen LogP contribution in [0.25, 0.3) is 44.5 Å². The van der Waals surface area contributed by atoms with Crippen LogP contribution in [-0.4, -0.2) is 0 Å². The van der Waals surface area contributed by atoms with Gasteiger partial charge in [-0.15, -0.1) is 0 Å². The van der Waals surface area contributed by atoms with Crippen LogP contribution in [0.5, 0.6) is 0 Å². The molecule has 1 heteroatoms. The molecule has 4 aliphatic carbocycles. The van der Waals surface area contributed by atoms with Gasteiger partial charge in [-0.05, 0) is 153 Å². The van der Waals surface area contributed by atoms with Gasteiger partial charge in [0.25, 0.3) is 0 Å². The lowest BCUT2D eigenvalue weighted by Gasteiger charge is -2.51. The molecule has 0 bridgehead atoms. The van der Waals surface area contributed by atoms with Crippen molar-refractivity contribution in [3.63, 3.8) is 0 Å². The van der Waals surface area contributed by atoms with E-state index in [0.717, 1.165) is 5.92 Å². The Hall–Kier alpha value is -5.66. The molecule has 7 aromatic rings. The van der Waals surface area contributed by atoms with Gasteiger partial charge in [0, 0.05) is 27.9 Å². The molecule has 4 aliphatic rings. The zero-order chi connectivity index (χ0) is 40.4. The summed E-state index contributed by atoms with van der Waals surface area (Å²) in [6.45, 7) is 7.31. The van der Waals surface area contributed by atoms with Gasteiger partial charge in [-0.2, -0.15) is 0 Å². The van der Waals surface area contributed by atoms with Crippen LogP contribution in [-0.2, 0) is 10.8 Å². The molecule has 2 saturated carbocycles. The number of hydrogen-bond acceptors (Lipinski definition) is 1. The minimum Gasteiger partial charge on any atom is -0.310 e. The first-order valence-electron chi connectivity index (χ1n) is 23.1. The van der Waals surface area contributed by atoms with E-state index in [9.17, 15) is 0 Å². The van der Waals surface area contributed by atoms with Gasteiger partial charge in [0.2, 0.25) is 0 Å². The quantitative estimate of drug-likeness (QED) is 0.148. The smallest absolute Gasteiger partial charge is 0.0467 e. The van der Waals surface area contributed by atoms with Gasteiger partial charge in [0.05, 0.1) is 0 Å². The van der Waals surface area contributed by atoms with E-state index in [1.165, 1.54) is 130 Å². The fraction of sp³-hybridized carbons (Fsp3) is 0.288. The molecular formula is C59H57N. The van der Waals surface area contributed by atoms with E-state index in [0.29, 0.717) is 11.8 Å². The first-order valence-corrected chi connectivity index (χ1v) is 23.1. The highest BCUT2D eigenvalue weighted by atomic mass is 15.1. The summed E-state index contributed by atoms with van der Waals surface area (Å²) in [7, 11) is 0. The number of rotatable bonds is 8. The molecule has 0 N–H and O–H groups in total. The highest BCUT2D eigenvalue weighted by Gasteiger charge is 2.55. The molecule has 1 nitrogen and oxygen atoms in total. The zero-order valence-electron chi connectivity index (χ0n) is 35.6. The Morgan fingerprint density at radius 2 is 0.950 bits per heavy atom. The predicted octanol–water partition coefficient (Wildman–Crippen LogP) is 16.5. The summed E-state index contributed by atoms with van der Waals surface area (Å²) in [4.78, 5) is 2.52. The molecular weight excluding hydrogens is 723 g/mol. The van der Waals surface area contributed by atoms with Gasteiger partial charge in [-0.1, -0.05) is 174 Å². The normalized spacial score (nSPS) is 21.8. The molecule has 0 heterocycles. The average molecular weight is 780 g/mol. The van der Waals surface area contributed by atoms with E-state index in [2.05, 4.69) is 189 Å². The highest BCUT2D eigenvalue weighted by molar-refractivity contribution is 5.89. The Labute approximate surface area is 358 Å². The minimum absolute atomic E-state index is 0.0892. The van der Waals surface area contributed by atoms with E-state index >= 15 is 0 Å². The molecule has 298 valence electrons. The van der Waals surface area contributed by atoms with E-state index in [1.807, 2.05) is 0 Å². The van der Waals surface area contributed by atoms with Crippen LogP contribution in [0.1, 0.15) is 101 Å². The van der Waals surface area contributed by atoms with Gasteiger partial charge in [0.15, 0.2) is 0 Å². The monoisotopic (exact) mass is 779 g/mol. The Kier molecular flexibility index (Phi) is 9.22. The van der Waals surface area contributed by atoms with Crippen molar-refractivity contribution < 1.29 is 0 Å². The maximum Gasteiger partial charge on any atom is 0.0467 e. The second-order valence-corrected chi connectivity index (χ2v) is 18.5. The maximum atomic E-state index is 2.55. The number of anilines is 3. The summed E-state index contributed by atoms with van der Waals surface area (Å²) in [6, 6.07) is 62.9. The van der Waals surface area contributed by atoms with Crippen molar-refractivity contribution in [2.75, 3.05) is 4.90 Å². The standard InChI is InChI=1S/C59H57N/c1-4-40-34-45(5-2)59(46(6-3)35-40)55-27-13-11-25-51(55)53-38-44(28-31-56(53)59)43-21-17-23-48(37-43)60(47-22-16-20-42(36-47)41-18-8-7-9-19-41)49-29-30-52-50-24-10-12-26-54(50)58(57(52)39-49)32-14-15-33-58/h7-13,16-31,36-40,45-46H,4-6,14-15,32-35H2,1-3H3. The molecule has 0 saturated heterocycles. The predicted molar refractivity (Wildman–Crippen MR) is 253 cm³/mol. The molecule has 0 aromatic heterocycles. The van der Waals surface area contributed by atoms with Crippen LogP contribution in [0.15, 0.2) is 164 Å². The molecule has 7 aromatic carbocycles. The fourth-order valence-electron chi connectivity index (χ4n) is 13.2. The van der Waals surface area contributed by atoms with Gasteiger partial charge in [0.1, 0.15) is 0 Å². The van der Waals surface area contributed by atoms with Crippen LogP contribution in [0.3, 0.4) is 0 Å². The lowest BCUT2D eigenvalue weighted by molar-refractivity contribution is 0.0905. The van der Waals surface area contributed by atoms with Crippen molar-refractivity contribution in [1.29, 1.82) is 0 Å². The van der Waals surface area contributed by atoms with E-state index in [4.69, 9.17) is 0 Å². The number of fused-ring (bicyclic) bond motifs is 10. The Morgan fingerprint density at radius 1 is 0.417 bits per heavy atom. The second-order valence-electron chi connectivity index (χ2n) is 18.5. The highest BCUT2D eigenvalue weighted by Crippen LogP contribution is 2.63. The van der Waals surface area contributed by atoms with Crippen LogP contribution in [0.4, 0.5) is 17.1 Å². The van der Waals surface area contributed by atoms with Crippen LogP contribution < -0.4 is 4.90 Å². The molecule has 0 radical (unpaired) electrons. The Morgan fingerprint density at radius 3 is 1.62 bits per heavy atom. The van der Waals surface area contributed by atoms with Crippen molar-refractivity contribution in [2.24, 2.45) is 17.8 Å². The summed E-state index contributed by atoms with van der Waals surface area (Å²) in [6.07, 6.45) is 11.4. The largest absolute Gasteiger partial charge is 0.310 e. The lowest BCUT2D eigenvalue weighted by atomic mass is 9.52. The Bertz CT molecular complexity index is 2700. The summed E-state index contributed by atoms with van der Waals surface area (Å²) in [5.74, 6) is 2.13. The molecule has 11 rings (SSSR count). The number of nitrogens with zero attached hydrogens (tertiary/aromatic N) is 1. The van der Waals surface area contributed by atoms with E-state index in [1.54, 1.807) is 11.1 Å². The van der Waals surface area contributed by atoms with Gasteiger partial charge >= 0.3 is 0 Å². The molecule has 2 spiro atoms.